The number of imide groups is 1. The van der Waals surface area contributed by atoms with Crippen molar-refractivity contribution in [2.45, 2.75) is 22.7 Å². The van der Waals surface area contributed by atoms with Gasteiger partial charge >= 0.3 is 4.87 Å². The quantitative estimate of drug-likeness (QED) is 0.374. The van der Waals surface area contributed by atoms with Crippen LogP contribution in [0.25, 0.3) is 0 Å². The summed E-state index contributed by atoms with van der Waals surface area (Å²) in [4.78, 5) is 54.9. The molecule has 7 nitrogen and oxygen atoms in total. The van der Waals surface area contributed by atoms with E-state index < -0.39 is 28.8 Å². The molecule has 38 heavy (non-hydrogen) atoms. The van der Waals surface area contributed by atoms with E-state index in [9.17, 15) is 23.6 Å². The van der Waals surface area contributed by atoms with Gasteiger partial charge in [0.2, 0.25) is 17.7 Å². The molecule has 1 N–H and O–H groups in total. The third-order valence-electron chi connectivity index (χ3n) is 6.65. The van der Waals surface area contributed by atoms with Crippen LogP contribution in [0.2, 0.25) is 0 Å². The molecule has 3 aromatic carbocycles. The Hall–Kier alpha value is -4.02. The summed E-state index contributed by atoms with van der Waals surface area (Å²) in [5, 5.41) is 2.44. The van der Waals surface area contributed by atoms with Gasteiger partial charge in [0.05, 0.1) is 16.6 Å². The number of thiazole rings is 1. The van der Waals surface area contributed by atoms with Gasteiger partial charge in [-0.1, -0.05) is 71.6 Å². The minimum atomic E-state index is -0.749. The molecule has 3 amide bonds. The Balaban J connectivity index is 1.40. The van der Waals surface area contributed by atoms with Crippen molar-refractivity contribution in [3.05, 3.63) is 111 Å². The van der Waals surface area contributed by atoms with Crippen molar-refractivity contribution in [3.8, 4) is 0 Å². The number of nitrogens with one attached hydrogen (secondary N) is 1. The van der Waals surface area contributed by atoms with Gasteiger partial charge in [-0.25, -0.2) is 9.29 Å². The van der Waals surface area contributed by atoms with Crippen molar-refractivity contribution in [1.29, 1.82) is 0 Å². The molecule has 0 radical (unpaired) electrons. The lowest BCUT2D eigenvalue weighted by Gasteiger charge is -2.30. The van der Waals surface area contributed by atoms with Crippen molar-refractivity contribution in [1.82, 2.24) is 4.57 Å². The lowest BCUT2D eigenvalue weighted by molar-refractivity contribution is -0.122. The largest absolute Gasteiger partial charge is 0.325 e. The Labute approximate surface area is 224 Å². The SMILES string of the molecule is O=C(Cn1c2c(sc1=O)C(c1ccccc1)C1C(=O)N(c3ccccc3)C(=O)C1S2)Nc1ccc(F)cc1. The third kappa shape index (κ3) is 4.15. The minimum Gasteiger partial charge on any atom is -0.325 e. The molecule has 4 aromatic rings. The van der Waals surface area contributed by atoms with Crippen molar-refractivity contribution < 1.29 is 18.8 Å². The van der Waals surface area contributed by atoms with E-state index in [0.717, 1.165) is 16.9 Å². The number of benzene rings is 3. The summed E-state index contributed by atoms with van der Waals surface area (Å²) in [6.45, 7) is -0.279. The van der Waals surface area contributed by atoms with Crippen LogP contribution in [-0.2, 0) is 20.9 Å². The van der Waals surface area contributed by atoms with Crippen molar-refractivity contribution >= 4 is 52.2 Å². The van der Waals surface area contributed by atoms with Gasteiger partial charge in [0.25, 0.3) is 0 Å². The summed E-state index contributed by atoms with van der Waals surface area (Å²) in [7, 11) is 0. The third-order valence-corrected chi connectivity index (χ3v) is 9.26. The van der Waals surface area contributed by atoms with Gasteiger partial charge in [0, 0.05) is 16.5 Å². The predicted octanol–water partition coefficient (Wildman–Crippen LogP) is 4.48. The summed E-state index contributed by atoms with van der Waals surface area (Å²) in [5.74, 6) is -2.74. The standard InChI is InChI=1S/C28H20FN3O4S2/c29-17-11-13-18(14-12-17)30-20(33)15-31-27-24(38-28(31)36)21(16-7-3-1-4-8-16)22-23(37-27)26(35)32(25(22)34)19-9-5-2-6-10-19/h1-14,21-23H,15H2,(H,30,33). The van der Waals surface area contributed by atoms with Gasteiger partial charge in [-0.3, -0.25) is 23.7 Å². The molecule has 6 rings (SSSR count). The van der Waals surface area contributed by atoms with Crippen LogP contribution in [0.3, 0.4) is 0 Å². The van der Waals surface area contributed by atoms with Gasteiger partial charge in [-0.05, 0) is 42.0 Å². The second kappa shape index (κ2) is 9.70. The molecular weight excluding hydrogens is 525 g/mol. The summed E-state index contributed by atoms with van der Waals surface area (Å²) in [6, 6.07) is 23.5. The number of carbonyl (C=O) groups is 3. The molecule has 0 aliphatic carbocycles. The monoisotopic (exact) mass is 545 g/mol. The zero-order chi connectivity index (χ0) is 26.4. The van der Waals surface area contributed by atoms with Gasteiger partial charge in [-0.15, -0.1) is 0 Å². The summed E-state index contributed by atoms with van der Waals surface area (Å²) in [6.07, 6.45) is 0. The molecule has 1 saturated heterocycles. The van der Waals surface area contributed by atoms with Crippen molar-refractivity contribution in [2.24, 2.45) is 5.92 Å². The molecule has 3 unspecified atom stereocenters. The highest BCUT2D eigenvalue weighted by molar-refractivity contribution is 8.00. The first kappa shape index (κ1) is 24.3. The van der Waals surface area contributed by atoms with E-state index in [0.29, 0.717) is 21.3 Å². The molecular formula is C28H20FN3O4S2. The van der Waals surface area contributed by atoms with Crippen LogP contribution in [0.15, 0.2) is 94.7 Å². The number of amides is 3. The van der Waals surface area contributed by atoms with E-state index >= 15 is 0 Å². The molecule has 0 saturated carbocycles. The van der Waals surface area contributed by atoms with Gasteiger partial charge < -0.3 is 5.32 Å². The zero-order valence-electron chi connectivity index (χ0n) is 19.7. The normalized spacial score (nSPS) is 20.2. The number of halogens is 1. The number of anilines is 2. The van der Waals surface area contributed by atoms with Crippen LogP contribution in [0.1, 0.15) is 16.4 Å². The van der Waals surface area contributed by atoms with Crippen LogP contribution >= 0.6 is 23.1 Å². The molecule has 2 aliphatic heterocycles. The lowest BCUT2D eigenvalue weighted by Crippen LogP contribution is -2.33. The first-order valence-electron chi connectivity index (χ1n) is 11.9. The van der Waals surface area contributed by atoms with E-state index in [1.54, 1.807) is 24.3 Å². The Morgan fingerprint density at radius 3 is 2.21 bits per heavy atom. The summed E-state index contributed by atoms with van der Waals surface area (Å²) in [5.41, 5.74) is 1.73. The van der Waals surface area contributed by atoms with E-state index in [1.807, 2.05) is 36.4 Å². The highest BCUT2D eigenvalue weighted by Gasteiger charge is 2.56. The van der Waals surface area contributed by atoms with Gasteiger partial charge in [0.1, 0.15) is 17.6 Å². The molecule has 3 atom stereocenters. The van der Waals surface area contributed by atoms with Crippen LogP contribution in [0.4, 0.5) is 15.8 Å². The molecule has 1 aromatic heterocycles. The second-order valence-electron chi connectivity index (χ2n) is 8.98. The first-order chi connectivity index (χ1) is 18.4. The van der Waals surface area contributed by atoms with Crippen molar-refractivity contribution in [3.63, 3.8) is 0 Å². The van der Waals surface area contributed by atoms with Crippen LogP contribution in [0.5, 0.6) is 0 Å². The Kier molecular flexibility index (Phi) is 6.21. The number of para-hydroxylation sites is 1. The van der Waals surface area contributed by atoms with Crippen LogP contribution in [0, 0.1) is 11.7 Å². The Morgan fingerprint density at radius 2 is 1.53 bits per heavy atom. The fraction of sp³-hybridized carbons (Fsp3) is 0.143. The summed E-state index contributed by atoms with van der Waals surface area (Å²) >= 11 is 2.16. The molecule has 3 heterocycles. The number of fused-ring (bicyclic) bond motifs is 2. The Morgan fingerprint density at radius 1 is 0.868 bits per heavy atom. The number of aromatic nitrogens is 1. The van der Waals surface area contributed by atoms with Gasteiger partial charge in [-0.2, -0.15) is 0 Å². The number of thioether (sulfide) groups is 1. The molecule has 10 heteroatoms. The number of rotatable bonds is 5. The highest BCUT2D eigenvalue weighted by atomic mass is 32.2. The second-order valence-corrected chi connectivity index (χ2v) is 11.1. The van der Waals surface area contributed by atoms with Crippen LogP contribution in [-0.4, -0.2) is 27.5 Å². The first-order valence-corrected chi connectivity index (χ1v) is 13.6. The molecule has 0 bridgehead atoms. The maximum Gasteiger partial charge on any atom is 0.308 e. The van der Waals surface area contributed by atoms with E-state index in [4.69, 9.17) is 0 Å². The number of hydrogen-bond acceptors (Lipinski definition) is 6. The molecule has 190 valence electrons. The highest BCUT2D eigenvalue weighted by Crippen LogP contribution is 2.53. The maximum atomic E-state index is 13.8. The molecule has 2 aliphatic rings. The Bertz CT molecular complexity index is 1600. The lowest BCUT2D eigenvalue weighted by atomic mass is 9.83. The summed E-state index contributed by atoms with van der Waals surface area (Å²) < 4.78 is 14.6. The van der Waals surface area contributed by atoms with E-state index in [1.165, 1.54) is 45.5 Å². The number of nitrogens with zero attached hydrogens (tertiary/aromatic N) is 2. The maximum absolute atomic E-state index is 13.8. The minimum absolute atomic E-state index is 0.279. The smallest absolute Gasteiger partial charge is 0.308 e. The van der Waals surface area contributed by atoms with E-state index in [-0.39, 0.29) is 23.2 Å². The average molecular weight is 546 g/mol. The van der Waals surface area contributed by atoms with Gasteiger partial charge in [0.15, 0.2) is 0 Å². The number of carbonyl (C=O) groups excluding carboxylic acids is 3. The number of hydrogen-bond donors (Lipinski definition) is 1. The van der Waals surface area contributed by atoms with Crippen LogP contribution < -0.4 is 15.1 Å². The zero-order valence-corrected chi connectivity index (χ0v) is 21.4. The topological polar surface area (TPSA) is 88.5 Å². The van der Waals surface area contributed by atoms with E-state index in [2.05, 4.69) is 5.32 Å². The van der Waals surface area contributed by atoms with Crippen molar-refractivity contribution in [2.75, 3.05) is 10.2 Å². The predicted molar refractivity (Wildman–Crippen MR) is 144 cm³/mol. The molecule has 0 spiro atoms. The molecule has 1 fully saturated rings. The fourth-order valence-electron chi connectivity index (χ4n) is 4.98. The fourth-order valence-corrected chi connectivity index (χ4v) is 7.76. The average Bonchev–Trinajstić information content (AvgIpc) is 3.37.